The first-order valence-electron chi connectivity index (χ1n) is 8.41. The predicted octanol–water partition coefficient (Wildman–Crippen LogP) is 0.587. The number of aliphatic hydroxyl groups is 1. The van der Waals surface area contributed by atoms with E-state index in [0.717, 1.165) is 5.56 Å². The number of aromatic nitrogens is 3. The Bertz CT molecular complexity index is 986. The highest BCUT2D eigenvalue weighted by Gasteiger charge is 2.13. The van der Waals surface area contributed by atoms with E-state index in [2.05, 4.69) is 15.4 Å². The Morgan fingerprint density at radius 1 is 1.07 bits per heavy atom. The highest BCUT2D eigenvalue weighted by molar-refractivity contribution is 7.89. The standard InChI is InChI=1S/C18H21N5O3S/c19-27(25,26)16-8-6-15(7-9-16)23-18(13-20-10-11-24)21-17(22-23)12-14-4-2-1-3-5-14/h1-9,20,24H,10-13H2,(H2,19,25,26). The molecule has 0 aliphatic heterocycles. The summed E-state index contributed by atoms with van der Waals surface area (Å²) in [7, 11) is -3.75. The first-order valence-corrected chi connectivity index (χ1v) is 9.95. The van der Waals surface area contributed by atoms with Crippen LogP contribution < -0.4 is 10.5 Å². The van der Waals surface area contributed by atoms with Crippen LogP contribution >= 0.6 is 0 Å². The van der Waals surface area contributed by atoms with E-state index >= 15 is 0 Å². The van der Waals surface area contributed by atoms with Crippen molar-refractivity contribution in [2.45, 2.75) is 17.9 Å². The zero-order valence-corrected chi connectivity index (χ0v) is 15.4. The fourth-order valence-electron chi connectivity index (χ4n) is 2.62. The van der Waals surface area contributed by atoms with Crippen LogP contribution in [-0.4, -0.2) is 41.4 Å². The van der Waals surface area contributed by atoms with Crippen molar-refractivity contribution >= 4 is 10.0 Å². The molecular weight excluding hydrogens is 366 g/mol. The number of aliphatic hydroxyl groups excluding tert-OH is 1. The Morgan fingerprint density at radius 3 is 2.41 bits per heavy atom. The zero-order valence-electron chi connectivity index (χ0n) is 14.6. The van der Waals surface area contributed by atoms with Crippen LogP contribution in [0, 0.1) is 0 Å². The second-order valence-electron chi connectivity index (χ2n) is 5.96. The number of nitrogens with two attached hydrogens (primary N) is 1. The lowest BCUT2D eigenvalue weighted by atomic mass is 10.1. The Morgan fingerprint density at radius 2 is 1.78 bits per heavy atom. The van der Waals surface area contributed by atoms with Crippen molar-refractivity contribution in [3.63, 3.8) is 0 Å². The smallest absolute Gasteiger partial charge is 0.238 e. The highest BCUT2D eigenvalue weighted by atomic mass is 32.2. The topological polar surface area (TPSA) is 123 Å². The summed E-state index contributed by atoms with van der Waals surface area (Å²) in [5.74, 6) is 1.32. The number of hydrogen-bond acceptors (Lipinski definition) is 6. The highest BCUT2D eigenvalue weighted by Crippen LogP contribution is 2.15. The number of benzene rings is 2. The number of nitrogens with one attached hydrogen (secondary N) is 1. The normalized spacial score (nSPS) is 11.6. The number of nitrogens with zero attached hydrogens (tertiary/aromatic N) is 3. The van der Waals surface area contributed by atoms with Gasteiger partial charge in [0.2, 0.25) is 10.0 Å². The van der Waals surface area contributed by atoms with Gasteiger partial charge in [0.25, 0.3) is 0 Å². The molecule has 3 aromatic rings. The predicted molar refractivity (Wildman–Crippen MR) is 101 cm³/mol. The van der Waals surface area contributed by atoms with Crippen molar-refractivity contribution in [2.24, 2.45) is 5.14 Å². The van der Waals surface area contributed by atoms with Crippen molar-refractivity contribution in [1.29, 1.82) is 0 Å². The molecule has 0 spiro atoms. The van der Waals surface area contributed by atoms with E-state index in [1.165, 1.54) is 12.1 Å². The van der Waals surface area contributed by atoms with Crippen LogP contribution in [0.5, 0.6) is 0 Å². The molecule has 0 saturated heterocycles. The Kier molecular flexibility index (Phi) is 5.97. The monoisotopic (exact) mass is 387 g/mol. The van der Waals surface area contributed by atoms with Gasteiger partial charge in [-0.1, -0.05) is 30.3 Å². The lowest BCUT2D eigenvalue weighted by Gasteiger charge is -2.07. The molecule has 2 aromatic carbocycles. The maximum Gasteiger partial charge on any atom is 0.238 e. The summed E-state index contributed by atoms with van der Waals surface area (Å²) < 4.78 is 24.5. The SMILES string of the molecule is NS(=O)(=O)c1ccc(-n2nc(Cc3ccccc3)nc2CNCCO)cc1. The van der Waals surface area contributed by atoms with Gasteiger partial charge in [-0.05, 0) is 29.8 Å². The second-order valence-corrected chi connectivity index (χ2v) is 7.52. The van der Waals surface area contributed by atoms with E-state index in [4.69, 9.17) is 10.2 Å². The first-order chi connectivity index (χ1) is 13.0. The molecule has 3 rings (SSSR count). The average molecular weight is 387 g/mol. The maximum absolute atomic E-state index is 11.4. The Labute approximate surface area is 157 Å². The van der Waals surface area contributed by atoms with Crippen LogP contribution in [0.1, 0.15) is 17.2 Å². The molecule has 0 aliphatic rings. The summed E-state index contributed by atoms with van der Waals surface area (Å²) in [4.78, 5) is 4.63. The Balaban J connectivity index is 1.91. The number of rotatable bonds is 8. The largest absolute Gasteiger partial charge is 0.395 e. The van der Waals surface area contributed by atoms with Crippen molar-refractivity contribution in [1.82, 2.24) is 20.1 Å². The summed E-state index contributed by atoms with van der Waals surface area (Å²) in [6.45, 7) is 0.874. The van der Waals surface area contributed by atoms with Gasteiger partial charge in [0.05, 0.1) is 23.7 Å². The third kappa shape index (κ3) is 4.98. The molecule has 0 radical (unpaired) electrons. The fourth-order valence-corrected chi connectivity index (χ4v) is 3.14. The molecule has 0 amide bonds. The van der Waals surface area contributed by atoms with E-state index in [9.17, 15) is 8.42 Å². The van der Waals surface area contributed by atoms with Crippen LogP contribution in [0.2, 0.25) is 0 Å². The van der Waals surface area contributed by atoms with Gasteiger partial charge in [0.1, 0.15) is 5.82 Å². The van der Waals surface area contributed by atoms with Gasteiger partial charge < -0.3 is 10.4 Å². The first kappa shape index (κ1) is 19.2. The molecule has 142 valence electrons. The summed E-state index contributed by atoms with van der Waals surface area (Å²) >= 11 is 0. The minimum absolute atomic E-state index is 0.0219. The van der Waals surface area contributed by atoms with Gasteiger partial charge in [-0.15, -0.1) is 0 Å². The minimum Gasteiger partial charge on any atom is -0.395 e. The van der Waals surface area contributed by atoms with Gasteiger partial charge >= 0.3 is 0 Å². The molecule has 1 heterocycles. The summed E-state index contributed by atoms with van der Waals surface area (Å²) in [5.41, 5.74) is 1.77. The van der Waals surface area contributed by atoms with Crippen molar-refractivity contribution in [3.8, 4) is 5.69 Å². The van der Waals surface area contributed by atoms with E-state index in [-0.39, 0.29) is 11.5 Å². The number of hydrogen-bond donors (Lipinski definition) is 3. The van der Waals surface area contributed by atoms with Gasteiger partial charge in [0, 0.05) is 13.0 Å². The van der Waals surface area contributed by atoms with Crippen LogP contribution in [-0.2, 0) is 23.0 Å². The van der Waals surface area contributed by atoms with E-state index in [1.54, 1.807) is 16.8 Å². The van der Waals surface area contributed by atoms with E-state index in [0.29, 0.717) is 36.8 Å². The molecule has 1 aromatic heterocycles. The number of primary sulfonamides is 1. The minimum atomic E-state index is -3.75. The zero-order chi connectivity index (χ0) is 19.3. The van der Waals surface area contributed by atoms with Gasteiger partial charge in [-0.3, -0.25) is 0 Å². The van der Waals surface area contributed by atoms with Gasteiger partial charge in [-0.25, -0.2) is 23.2 Å². The maximum atomic E-state index is 11.4. The summed E-state index contributed by atoms with van der Waals surface area (Å²) in [6, 6.07) is 16.0. The van der Waals surface area contributed by atoms with E-state index in [1.807, 2.05) is 30.3 Å². The molecule has 9 heteroatoms. The molecule has 0 saturated carbocycles. The average Bonchev–Trinajstić information content (AvgIpc) is 3.05. The summed E-state index contributed by atoms with van der Waals surface area (Å²) in [6.07, 6.45) is 0.579. The van der Waals surface area contributed by atoms with Crippen molar-refractivity contribution in [3.05, 3.63) is 71.8 Å². The van der Waals surface area contributed by atoms with Crippen LogP contribution in [0.15, 0.2) is 59.5 Å². The molecular formula is C18H21N5O3S. The molecule has 0 aliphatic carbocycles. The molecule has 8 nitrogen and oxygen atoms in total. The van der Waals surface area contributed by atoms with Crippen molar-refractivity contribution in [2.75, 3.05) is 13.2 Å². The van der Waals surface area contributed by atoms with Crippen molar-refractivity contribution < 1.29 is 13.5 Å². The molecule has 27 heavy (non-hydrogen) atoms. The molecule has 0 unspecified atom stereocenters. The second kappa shape index (κ2) is 8.40. The quantitative estimate of drug-likeness (QED) is 0.486. The van der Waals surface area contributed by atoms with Gasteiger partial charge in [0.15, 0.2) is 5.82 Å². The lowest BCUT2D eigenvalue weighted by Crippen LogP contribution is -2.20. The number of sulfonamides is 1. The van der Waals surface area contributed by atoms with Crippen LogP contribution in [0.4, 0.5) is 0 Å². The third-order valence-corrected chi connectivity index (χ3v) is 4.83. The van der Waals surface area contributed by atoms with Crippen LogP contribution in [0.3, 0.4) is 0 Å². The molecule has 0 atom stereocenters. The molecule has 0 bridgehead atoms. The third-order valence-electron chi connectivity index (χ3n) is 3.90. The van der Waals surface area contributed by atoms with E-state index < -0.39 is 10.0 Å². The Hall–Kier alpha value is -2.59. The lowest BCUT2D eigenvalue weighted by molar-refractivity contribution is 0.291. The van der Waals surface area contributed by atoms with Gasteiger partial charge in [-0.2, -0.15) is 5.10 Å². The fraction of sp³-hybridized carbons (Fsp3) is 0.222. The summed E-state index contributed by atoms with van der Waals surface area (Å²) in [5, 5.41) is 21.8. The molecule has 4 N–H and O–H groups in total. The van der Waals surface area contributed by atoms with Crippen LogP contribution in [0.25, 0.3) is 5.69 Å². The molecule has 0 fully saturated rings.